The van der Waals surface area contributed by atoms with Gasteiger partial charge in [-0.15, -0.1) is 11.6 Å². The van der Waals surface area contributed by atoms with E-state index in [1.807, 2.05) is 20.8 Å². The molecule has 1 N–H and O–H groups in total. The van der Waals surface area contributed by atoms with Crippen LogP contribution in [0.1, 0.15) is 19.4 Å². The Labute approximate surface area is 136 Å². The molecular weight excluding hydrogens is 417 g/mol. The summed E-state index contributed by atoms with van der Waals surface area (Å²) in [6.45, 7) is 5.75. The summed E-state index contributed by atoms with van der Waals surface area (Å²) in [5.41, 5.74) is 0.962. The van der Waals surface area contributed by atoms with Gasteiger partial charge in [0, 0.05) is 20.9 Å². The van der Waals surface area contributed by atoms with Crippen molar-refractivity contribution in [2.45, 2.75) is 31.7 Å². The number of halogens is 3. The van der Waals surface area contributed by atoms with Crippen molar-refractivity contribution in [3.63, 3.8) is 0 Å². The second kappa shape index (κ2) is 6.89. The lowest BCUT2D eigenvalue weighted by Gasteiger charge is -2.20. The van der Waals surface area contributed by atoms with E-state index < -0.39 is 10.0 Å². The summed E-state index contributed by atoms with van der Waals surface area (Å²) in [5.74, 6) is 0.363. The molecule has 108 valence electrons. The Morgan fingerprint density at radius 2 is 1.84 bits per heavy atom. The molecule has 0 amide bonds. The van der Waals surface area contributed by atoms with E-state index in [0.29, 0.717) is 4.47 Å². The molecule has 0 spiro atoms. The zero-order chi connectivity index (χ0) is 14.8. The number of hydrogen-bond donors (Lipinski definition) is 1. The third-order valence-electron chi connectivity index (χ3n) is 2.78. The van der Waals surface area contributed by atoms with Gasteiger partial charge < -0.3 is 0 Å². The lowest BCUT2D eigenvalue weighted by Crippen LogP contribution is -2.39. The number of benzene rings is 1. The van der Waals surface area contributed by atoms with Crippen LogP contribution in [-0.4, -0.2) is 20.3 Å². The van der Waals surface area contributed by atoms with Gasteiger partial charge in [-0.25, -0.2) is 13.1 Å². The molecule has 0 heterocycles. The van der Waals surface area contributed by atoms with Gasteiger partial charge in [-0.3, -0.25) is 0 Å². The number of nitrogens with one attached hydrogen (secondary N) is 1. The van der Waals surface area contributed by atoms with E-state index in [2.05, 4.69) is 36.6 Å². The minimum absolute atomic E-state index is 0.125. The summed E-state index contributed by atoms with van der Waals surface area (Å²) >= 11 is 12.4. The first-order valence-corrected chi connectivity index (χ1v) is 9.33. The van der Waals surface area contributed by atoms with Crippen molar-refractivity contribution in [1.29, 1.82) is 0 Å². The molecule has 0 saturated heterocycles. The van der Waals surface area contributed by atoms with Crippen LogP contribution >= 0.6 is 43.5 Å². The molecular formula is C12H16Br2ClNO2S. The van der Waals surface area contributed by atoms with Gasteiger partial charge in [-0.2, -0.15) is 0 Å². The third kappa shape index (κ3) is 4.43. The number of alkyl halides is 1. The average molecular weight is 434 g/mol. The molecule has 0 bridgehead atoms. The Morgan fingerprint density at radius 3 is 2.32 bits per heavy atom. The topological polar surface area (TPSA) is 46.2 Å². The fraction of sp³-hybridized carbons (Fsp3) is 0.500. The molecule has 0 aliphatic carbocycles. The number of sulfonamides is 1. The molecule has 3 nitrogen and oxygen atoms in total. The van der Waals surface area contributed by atoms with Crippen LogP contribution < -0.4 is 4.72 Å². The van der Waals surface area contributed by atoms with E-state index in [0.717, 1.165) is 10.0 Å². The molecule has 19 heavy (non-hydrogen) atoms. The van der Waals surface area contributed by atoms with Crippen molar-refractivity contribution in [3.05, 3.63) is 26.6 Å². The molecule has 0 fully saturated rings. The van der Waals surface area contributed by atoms with Crippen LogP contribution in [0.5, 0.6) is 0 Å². The summed E-state index contributed by atoms with van der Waals surface area (Å²) < 4.78 is 28.7. The standard InChI is InChI=1S/C12H16Br2ClNO2S/c1-7(2)11(6-15)16-19(17,18)12-5-9(13)8(3)4-10(12)14/h4-5,7,11,16H,6H2,1-3H3. The van der Waals surface area contributed by atoms with Crippen molar-refractivity contribution < 1.29 is 8.42 Å². The summed E-state index contributed by atoms with van der Waals surface area (Å²) in [7, 11) is -3.60. The Hall–Kier alpha value is 0.380. The Bertz CT molecular complexity index is 561. The van der Waals surface area contributed by atoms with Crippen LogP contribution in [0.2, 0.25) is 0 Å². The lowest BCUT2D eigenvalue weighted by atomic mass is 10.1. The second-order valence-corrected chi connectivity index (χ2v) is 8.36. The van der Waals surface area contributed by atoms with Gasteiger partial charge in [0.25, 0.3) is 0 Å². The van der Waals surface area contributed by atoms with Crippen LogP contribution in [0.3, 0.4) is 0 Å². The van der Waals surface area contributed by atoms with E-state index in [9.17, 15) is 8.42 Å². The summed E-state index contributed by atoms with van der Waals surface area (Å²) in [5, 5.41) is 0. The predicted octanol–water partition coefficient (Wildman–Crippen LogP) is 4.06. The SMILES string of the molecule is Cc1cc(Br)c(S(=O)(=O)NC(CCl)C(C)C)cc1Br. The highest BCUT2D eigenvalue weighted by atomic mass is 79.9. The van der Waals surface area contributed by atoms with Gasteiger partial charge in [0.05, 0.1) is 4.90 Å². The molecule has 1 rings (SSSR count). The van der Waals surface area contributed by atoms with Crippen molar-refractivity contribution in [2.24, 2.45) is 5.92 Å². The maximum absolute atomic E-state index is 12.4. The average Bonchev–Trinajstić information content (AvgIpc) is 2.30. The second-order valence-electron chi connectivity index (χ2n) is 4.66. The van der Waals surface area contributed by atoms with E-state index in [1.165, 1.54) is 0 Å². The van der Waals surface area contributed by atoms with Gasteiger partial charge >= 0.3 is 0 Å². The summed E-state index contributed by atoms with van der Waals surface area (Å²) in [6, 6.07) is 3.07. The normalized spacial score (nSPS) is 13.8. The third-order valence-corrected chi connectivity index (χ3v) is 6.42. The Morgan fingerprint density at radius 1 is 1.26 bits per heavy atom. The minimum Gasteiger partial charge on any atom is -0.207 e. The van der Waals surface area contributed by atoms with E-state index >= 15 is 0 Å². The summed E-state index contributed by atoms with van der Waals surface area (Å²) in [6.07, 6.45) is 0. The molecule has 0 saturated carbocycles. The highest BCUT2D eigenvalue weighted by molar-refractivity contribution is 9.11. The number of rotatable bonds is 5. The fourth-order valence-electron chi connectivity index (χ4n) is 1.44. The minimum atomic E-state index is -3.60. The smallest absolute Gasteiger partial charge is 0.207 e. The molecule has 0 radical (unpaired) electrons. The predicted molar refractivity (Wildman–Crippen MR) is 86.2 cm³/mol. The molecule has 1 aromatic rings. The molecule has 0 aromatic heterocycles. The fourth-order valence-corrected chi connectivity index (χ4v) is 5.03. The molecule has 1 atom stereocenters. The van der Waals surface area contributed by atoms with E-state index in [1.54, 1.807) is 12.1 Å². The first-order chi connectivity index (χ1) is 8.69. The lowest BCUT2D eigenvalue weighted by molar-refractivity contribution is 0.480. The van der Waals surface area contributed by atoms with Crippen LogP contribution in [0.25, 0.3) is 0 Å². The first-order valence-electron chi connectivity index (χ1n) is 5.73. The van der Waals surface area contributed by atoms with Crippen molar-refractivity contribution in [2.75, 3.05) is 5.88 Å². The van der Waals surface area contributed by atoms with Crippen LogP contribution in [0.15, 0.2) is 26.0 Å². The Kier molecular flexibility index (Phi) is 6.32. The Balaban J connectivity index is 3.17. The quantitative estimate of drug-likeness (QED) is 0.712. The van der Waals surface area contributed by atoms with Crippen LogP contribution in [-0.2, 0) is 10.0 Å². The molecule has 7 heteroatoms. The highest BCUT2D eigenvalue weighted by Crippen LogP contribution is 2.29. The van der Waals surface area contributed by atoms with Gasteiger partial charge in [-0.1, -0.05) is 29.8 Å². The zero-order valence-electron chi connectivity index (χ0n) is 10.9. The van der Waals surface area contributed by atoms with E-state index in [4.69, 9.17) is 11.6 Å². The van der Waals surface area contributed by atoms with Crippen LogP contribution in [0, 0.1) is 12.8 Å². The maximum Gasteiger partial charge on any atom is 0.242 e. The number of aryl methyl sites for hydroxylation is 1. The first kappa shape index (κ1) is 17.4. The number of hydrogen-bond acceptors (Lipinski definition) is 2. The molecule has 1 unspecified atom stereocenters. The van der Waals surface area contributed by atoms with Gasteiger partial charge in [0.15, 0.2) is 0 Å². The van der Waals surface area contributed by atoms with Gasteiger partial charge in [0.2, 0.25) is 10.0 Å². The molecule has 0 aliphatic heterocycles. The molecule has 1 aromatic carbocycles. The monoisotopic (exact) mass is 431 g/mol. The molecule has 0 aliphatic rings. The zero-order valence-corrected chi connectivity index (χ0v) is 15.6. The van der Waals surface area contributed by atoms with Crippen molar-refractivity contribution in [3.8, 4) is 0 Å². The highest BCUT2D eigenvalue weighted by Gasteiger charge is 2.24. The largest absolute Gasteiger partial charge is 0.242 e. The van der Waals surface area contributed by atoms with Crippen LogP contribution in [0.4, 0.5) is 0 Å². The van der Waals surface area contributed by atoms with Crippen molar-refractivity contribution >= 4 is 53.5 Å². The van der Waals surface area contributed by atoms with Gasteiger partial charge in [-0.05, 0) is 46.5 Å². The van der Waals surface area contributed by atoms with Crippen molar-refractivity contribution in [1.82, 2.24) is 4.72 Å². The summed E-state index contributed by atoms with van der Waals surface area (Å²) in [4.78, 5) is 0.209. The maximum atomic E-state index is 12.4. The van der Waals surface area contributed by atoms with Gasteiger partial charge in [0.1, 0.15) is 0 Å². The van der Waals surface area contributed by atoms with E-state index in [-0.39, 0.29) is 22.7 Å².